The molecule has 0 saturated carbocycles. The van der Waals surface area contributed by atoms with Crippen LogP contribution in [-0.2, 0) is 10.8 Å². The molecule has 0 spiro atoms. The lowest BCUT2D eigenvalue weighted by Gasteiger charge is -2.16. The van der Waals surface area contributed by atoms with Crippen molar-refractivity contribution in [2.45, 2.75) is 38.7 Å². The van der Waals surface area contributed by atoms with E-state index in [0.717, 1.165) is 11.3 Å². The highest BCUT2D eigenvalue weighted by Gasteiger charge is 2.39. The van der Waals surface area contributed by atoms with E-state index in [1.165, 1.54) is 30.7 Å². The Morgan fingerprint density at radius 3 is 2.45 bits per heavy atom. The highest BCUT2D eigenvalue weighted by atomic mass is 19.4. The van der Waals surface area contributed by atoms with E-state index in [9.17, 15) is 22.0 Å². The molecular formula is C17H16F5N5O2. The Labute approximate surface area is 161 Å². The Balaban J connectivity index is 1.88. The normalized spacial score (nSPS) is 13.6. The molecule has 0 aliphatic rings. The minimum absolute atomic E-state index is 0.0791. The van der Waals surface area contributed by atoms with Gasteiger partial charge in [0.15, 0.2) is 11.8 Å². The monoisotopic (exact) mass is 417 g/mol. The van der Waals surface area contributed by atoms with Crippen molar-refractivity contribution in [1.82, 2.24) is 24.6 Å². The van der Waals surface area contributed by atoms with Crippen LogP contribution in [0, 0.1) is 0 Å². The first-order valence-corrected chi connectivity index (χ1v) is 8.54. The van der Waals surface area contributed by atoms with Crippen molar-refractivity contribution in [2.75, 3.05) is 6.61 Å². The molecule has 29 heavy (non-hydrogen) atoms. The lowest BCUT2D eigenvalue weighted by Crippen LogP contribution is -2.31. The van der Waals surface area contributed by atoms with Gasteiger partial charge in [-0.25, -0.2) is 4.98 Å². The molecule has 0 radical (unpaired) electrons. The first-order valence-electron chi connectivity index (χ1n) is 8.54. The molecule has 3 aromatic heterocycles. The van der Waals surface area contributed by atoms with E-state index in [4.69, 9.17) is 4.74 Å². The Kier molecular flexibility index (Phi) is 5.64. The predicted octanol–water partition coefficient (Wildman–Crippen LogP) is 3.99. The van der Waals surface area contributed by atoms with Crippen LogP contribution < -0.4 is 4.74 Å². The van der Waals surface area contributed by atoms with Crippen molar-refractivity contribution in [1.29, 1.82) is 0 Å². The number of aromatic nitrogens is 5. The first kappa shape index (κ1) is 20.8. The second-order valence-corrected chi connectivity index (χ2v) is 6.08. The van der Waals surface area contributed by atoms with Gasteiger partial charge in [0.05, 0.1) is 18.5 Å². The number of alkyl halides is 5. The van der Waals surface area contributed by atoms with Gasteiger partial charge in [0.25, 0.3) is 0 Å². The van der Waals surface area contributed by atoms with Crippen LogP contribution in [0.2, 0.25) is 0 Å². The molecule has 0 unspecified atom stereocenters. The number of hydrogen-bond donors (Lipinski definition) is 0. The zero-order valence-electron chi connectivity index (χ0n) is 15.3. The van der Waals surface area contributed by atoms with Crippen molar-refractivity contribution >= 4 is 5.65 Å². The molecule has 3 aromatic rings. The van der Waals surface area contributed by atoms with Gasteiger partial charge < -0.3 is 9.47 Å². The van der Waals surface area contributed by atoms with E-state index in [1.54, 1.807) is 6.92 Å². The number of pyridine rings is 1. The fraction of sp³-hybridized carbons (Fsp3) is 0.412. The summed E-state index contributed by atoms with van der Waals surface area (Å²) in [7, 11) is 0. The van der Waals surface area contributed by atoms with Crippen molar-refractivity contribution in [3.8, 4) is 17.1 Å². The topological polar surface area (TPSA) is 74.4 Å². The van der Waals surface area contributed by atoms with Gasteiger partial charge in [-0.15, -0.1) is 10.2 Å². The maximum absolute atomic E-state index is 14.2. The van der Waals surface area contributed by atoms with Gasteiger partial charge in [-0.1, -0.05) is 6.92 Å². The SMILES string of the molecule is CCCOC(F)(F)c1nnc2cnc(-c3ccc(O[C@@H](C)C(F)(F)F)nc3)cn12. The molecule has 0 aliphatic heterocycles. The second-order valence-electron chi connectivity index (χ2n) is 6.08. The average molecular weight is 417 g/mol. The van der Waals surface area contributed by atoms with Crippen LogP contribution in [0.1, 0.15) is 26.1 Å². The number of halogens is 5. The third-order valence-electron chi connectivity index (χ3n) is 3.83. The van der Waals surface area contributed by atoms with Crippen molar-refractivity contribution in [2.24, 2.45) is 0 Å². The zero-order chi connectivity index (χ0) is 21.2. The van der Waals surface area contributed by atoms with Gasteiger partial charge in [0.1, 0.15) is 0 Å². The Morgan fingerprint density at radius 2 is 1.83 bits per heavy atom. The van der Waals surface area contributed by atoms with E-state index in [1.807, 2.05) is 0 Å². The summed E-state index contributed by atoms with van der Waals surface area (Å²) < 4.78 is 76.5. The van der Waals surface area contributed by atoms with Gasteiger partial charge in [-0.2, -0.15) is 22.0 Å². The van der Waals surface area contributed by atoms with Crippen LogP contribution in [0.4, 0.5) is 22.0 Å². The van der Waals surface area contributed by atoms with Crippen LogP contribution in [0.5, 0.6) is 5.88 Å². The third-order valence-corrected chi connectivity index (χ3v) is 3.83. The molecule has 7 nitrogen and oxygen atoms in total. The van der Waals surface area contributed by atoms with E-state index in [2.05, 4.69) is 24.9 Å². The maximum atomic E-state index is 14.2. The molecule has 0 bridgehead atoms. The summed E-state index contributed by atoms with van der Waals surface area (Å²) in [5.74, 6) is -0.944. The third kappa shape index (κ3) is 4.58. The Morgan fingerprint density at radius 1 is 1.07 bits per heavy atom. The second kappa shape index (κ2) is 7.85. The molecule has 0 N–H and O–H groups in total. The lowest BCUT2D eigenvalue weighted by atomic mass is 10.2. The van der Waals surface area contributed by atoms with Crippen molar-refractivity contribution < 1.29 is 31.4 Å². The van der Waals surface area contributed by atoms with E-state index < -0.39 is 24.2 Å². The van der Waals surface area contributed by atoms with Gasteiger partial charge in [0, 0.05) is 24.0 Å². The summed E-state index contributed by atoms with van der Waals surface area (Å²) >= 11 is 0. The van der Waals surface area contributed by atoms with Gasteiger partial charge >= 0.3 is 12.3 Å². The molecule has 0 amide bonds. The van der Waals surface area contributed by atoms with Crippen LogP contribution in [0.3, 0.4) is 0 Å². The summed E-state index contributed by atoms with van der Waals surface area (Å²) in [6.07, 6.45) is -6.09. The molecule has 0 saturated heterocycles. The number of hydrogen-bond acceptors (Lipinski definition) is 6. The molecule has 0 aromatic carbocycles. The zero-order valence-corrected chi connectivity index (χ0v) is 15.3. The van der Waals surface area contributed by atoms with Gasteiger partial charge in [-0.3, -0.25) is 9.38 Å². The summed E-state index contributed by atoms with van der Waals surface area (Å²) in [4.78, 5) is 7.91. The van der Waals surface area contributed by atoms with E-state index in [-0.39, 0.29) is 23.8 Å². The summed E-state index contributed by atoms with van der Waals surface area (Å²) in [6, 6.07) is 2.64. The molecule has 0 fully saturated rings. The van der Waals surface area contributed by atoms with Crippen molar-refractivity contribution in [3.05, 3.63) is 36.5 Å². The minimum atomic E-state index is -4.52. The van der Waals surface area contributed by atoms with Crippen LogP contribution in [0.15, 0.2) is 30.7 Å². The number of rotatable bonds is 7. The molecule has 156 valence electrons. The summed E-state index contributed by atoms with van der Waals surface area (Å²) in [5.41, 5.74) is 0.680. The molecular weight excluding hydrogens is 401 g/mol. The Bertz CT molecular complexity index is 974. The molecule has 0 aliphatic carbocycles. The summed E-state index contributed by atoms with van der Waals surface area (Å²) in [5, 5.41) is 7.13. The highest BCUT2D eigenvalue weighted by molar-refractivity contribution is 5.59. The van der Waals surface area contributed by atoms with Crippen molar-refractivity contribution in [3.63, 3.8) is 0 Å². The molecule has 1 atom stereocenters. The maximum Gasteiger partial charge on any atom is 0.425 e. The van der Waals surface area contributed by atoms with Crippen LogP contribution >= 0.6 is 0 Å². The minimum Gasteiger partial charge on any atom is -0.465 e. The largest absolute Gasteiger partial charge is 0.465 e. The van der Waals surface area contributed by atoms with Gasteiger partial charge in [-0.05, 0) is 19.4 Å². The Hall–Kier alpha value is -2.89. The smallest absolute Gasteiger partial charge is 0.425 e. The van der Waals surface area contributed by atoms with Crippen LogP contribution in [0.25, 0.3) is 16.9 Å². The first-order chi connectivity index (χ1) is 13.6. The molecule has 3 heterocycles. The average Bonchev–Trinajstić information content (AvgIpc) is 3.10. The number of nitrogens with zero attached hydrogens (tertiary/aromatic N) is 5. The fourth-order valence-corrected chi connectivity index (χ4v) is 2.29. The van der Waals surface area contributed by atoms with E-state index in [0.29, 0.717) is 12.0 Å². The fourth-order valence-electron chi connectivity index (χ4n) is 2.29. The van der Waals surface area contributed by atoms with E-state index >= 15 is 0 Å². The van der Waals surface area contributed by atoms with Crippen LogP contribution in [-0.4, -0.2) is 43.5 Å². The lowest BCUT2D eigenvalue weighted by molar-refractivity contribution is -0.254. The summed E-state index contributed by atoms with van der Waals surface area (Å²) in [6.45, 7) is 2.39. The number of ether oxygens (including phenoxy) is 2. The van der Waals surface area contributed by atoms with Gasteiger partial charge in [0.2, 0.25) is 11.7 Å². The highest BCUT2D eigenvalue weighted by Crippen LogP contribution is 2.29. The molecule has 3 rings (SSSR count). The quantitative estimate of drug-likeness (QED) is 0.541. The molecule has 12 heteroatoms. The number of fused-ring (bicyclic) bond motifs is 1. The predicted molar refractivity (Wildman–Crippen MR) is 90.3 cm³/mol. The standard InChI is InChI=1S/C17H16F5N5O2/c1-3-6-28-17(21,22)15-26-25-13-8-23-12(9-27(13)15)11-4-5-14(24-7-11)29-10(2)16(18,19)20/h4-5,7-10H,3,6H2,1-2H3/t10-/m0/s1.